The summed E-state index contributed by atoms with van der Waals surface area (Å²) in [6.45, 7) is 5.43. The molecule has 2 rings (SSSR count). The molecule has 23 heavy (non-hydrogen) atoms. The van der Waals surface area contributed by atoms with Crippen molar-refractivity contribution in [2.75, 3.05) is 27.2 Å². The summed E-state index contributed by atoms with van der Waals surface area (Å²) in [5, 5.41) is 11.5. The SMILES string of the molecule is C[NH+](C)CCOC(=O)[C@@H]1CC2=C(CCCC2(C)C)C[C@H]1C(=O)[O-]. The molecule has 2 atom stereocenters. The first-order valence-electron chi connectivity index (χ1n) is 8.60. The van der Waals surface area contributed by atoms with Crippen LogP contribution < -0.4 is 10.0 Å². The third kappa shape index (κ3) is 4.14. The highest BCUT2D eigenvalue weighted by molar-refractivity contribution is 5.81. The number of ether oxygens (including phenoxy) is 1. The molecule has 2 aliphatic carbocycles. The summed E-state index contributed by atoms with van der Waals surface area (Å²) in [6, 6.07) is 0. The molecule has 0 radical (unpaired) electrons. The largest absolute Gasteiger partial charge is 0.550 e. The Balaban J connectivity index is 2.15. The Hall–Kier alpha value is -1.36. The second kappa shape index (κ2) is 7.04. The molecule has 5 nitrogen and oxygen atoms in total. The Morgan fingerprint density at radius 2 is 1.96 bits per heavy atom. The molecular weight excluding hydrogens is 294 g/mol. The third-order valence-corrected chi connectivity index (χ3v) is 5.35. The van der Waals surface area contributed by atoms with Crippen molar-refractivity contribution in [1.29, 1.82) is 0 Å². The number of nitrogens with one attached hydrogen (secondary N) is 1. The summed E-state index contributed by atoms with van der Waals surface area (Å²) in [7, 11) is 3.97. The van der Waals surface area contributed by atoms with Gasteiger partial charge in [-0.05, 0) is 37.5 Å². The Morgan fingerprint density at radius 1 is 1.26 bits per heavy atom. The Labute approximate surface area is 138 Å². The molecule has 2 aliphatic rings. The summed E-state index contributed by atoms with van der Waals surface area (Å²) < 4.78 is 5.35. The first-order valence-corrected chi connectivity index (χ1v) is 8.60. The predicted octanol–water partition coefficient (Wildman–Crippen LogP) is -0.0431. The molecule has 0 aromatic rings. The van der Waals surface area contributed by atoms with Crippen LogP contribution >= 0.6 is 0 Å². The van der Waals surface area contributed by atoms with Crippen LogP contribution in [0.1, 0.15) is 46.0 Å². The minimum absolute atomic E-state index is 0.0524. The van der Waals surface area contributed by atoms with Crippen LogP contribution in [0.3, 0.4) is 0 Å². The molecule has 0 aromatic heterocycles. The number of esters is 1. The van der Waals surface area contributed by atoms with E-state index in [1.807, 2.05) is 14.1 Å². The number of carboxylic acids is 1. The fourth-order valence-corrected chi connectivity index (χ4v) is 3.90. The summed E-state index contributed by atoms with van der Waals surface area (Å²) in [6.07, 6.45) is 4.09. The van der Waals surface area contributed by atoms with Crippen LogP contribution in [0.5, 0.6) is 0 Å². The van der Waals surface area contributed by atoms with Crippen molar-refractivity contribution in [3.63, 3.8) is 0 Å². The van der Waals surface area contributed by atoms with Gasteiger partial charge in [-0.15, -0.1) is 0 Å². The Morgan fingerprint density at radius 3 is 2.57 bits per heavy atom. The maximum Gasteiger partial charge on any atom is 0.310 e. The molecule has 0 spiro atoms. The van der Waals surface area contributed by atoms with Crippen molar-refractivity contribution in [2.45, 2.75) is 46.0 Å². The highest BCUT2D eigenvalue weighted by Gasteiger charge is 2.42. The van der Waals surface area contributed by atoms with E-state index in [-0.39, 0.29) is 11.4 Å². The van der Waals surface area contributed by atoms with Crippen LogP contribution in [-0.2, 0) is 14.3 Å². The second-order valence-corrected chi connectivity index (χ2v) is 7.88. The van der Waals surface area contributed by atoms with Crippen LogP contribution in [0.2, 0.25) is 0 Å². The van der Waals surface area contributed by atoms with E-state index in [9.17, 15) is 14.7 Å². The number of aliphatic carboxylic acids is 1. The van der Waals surface area contributed by atoms with Gasteiger partial charge in [0.1, 0.15) is 13.2 Å². The lowest BCUT2D eigenvalue weighted by atomic mass is 9.63. The zero-order valence-corrected chi connectivity index (χ0v) is 14.7. The Kier molecular flexibility index (Phi) is 5.50. The highest BCUT2D eigenvalue weighted by Crippen LogP contribution is 2.49. The number of carbonyl (C=O) groups excluding carboxylic acids is 2. The minimum atomic E-state index is -1.12. The smallest absolute Gasteiger partial charge is 0.310 e. The Bertz CT molecular complexity index is 507. The first kappa shape index (κ1) is 18.0. The maximum atomic E-state index is 12.4. The number of hydrogen-bond acceptors (Lipinski definition) is 4. The van der Waals surface area contributed by atoms with Gasteiger partial charge in [-0.25, -0.2) is 0 Å². The minimum Gasteiger partial charge on any atom is -0.550 e. The molecule has 0 aliphatic heterocycles. The summed E-state index contributed by atoms with van der Waals surface area (Å²) in [5.74, 6) is -2.86. The van der Waals surface area contributed by atoms with Crippen molar-refractivity contribution in [3.05, 3.63) is 11.1 Å². The van der Waals surface area contributed by atoms with E-state index < -0.39 is 17.8 Å². The maximum absolute atomic E-state index is 12.4. The van der Waals surface area contributed by atoms with Crippen molar-refractivity contribution in [2.24, 2.45) is 17.3 Å². The molecule has 1 N–H and O–H groups in total. The first-order chi connectivity index (χ1) is 10.7. The van der Waals surface area contributed by atoms with Gasteiger partial charge in [0, 0.05) is 11.9 Å². The van der Waals surface area contributed by atoms with Gasteiger partial charge in [0.25, 0.3) is 0 Å². The number of allylic oxidation sites excluding steroid dienone is 2. The van der Waals surface area contributed by atoms with E-state index in [0.717, 1.165) is 19.3 Å². The summed E-state index contributed by atoms with van der Waals surface area (Å²) in [5.41, 5.74) is 2.57. The molecule has 5 heteroatoms. The zero-order valence-electron chi connectivity index (χ0n) is 14.7. The van der Waals surface area contributed by atoms with Crippen LogP contribution in [0.15, 0.2) is 11.1 Å². The molecule has 0 bridgehead atoms. The lowest BCUT2D eigenvalue weighted by Crippen LogP contribution is -3.06. The average Bonchev–Trinajstić information content (AvgIpc) is 2.45. The van der Waals surface area contributed by atoms with Gasteiger partial charge in [0.15, 0.2) is 0 Å². The quantitative estimate of drug-likeness (QED) is 0.569. The predicted molar refractivity (Wildman–Crippen MR) is 84.5 cm³/mol. The molecule has 0 saturated carbocycles. The van der Waals surface area contributed by atoms with E-state index in [1.165, 1.54) is 16.0 Å². The van der Waals surface area contributed by atoms with Crippen LogP contribution in [0, 0.1) is 17.3 Å². The van der Waals surface area contributed by atoms with Gasteiger partial charge < -0.3 is 19.5 Å². The highest BCUT2D eigenvalue weighted by atomic mass is 16.5. The normalized spacial score (nSPS) is 26.8. The van der Waals surface area contributed by atoms with E-state index in [1.54, 1.807) is 0 Å². The van der Waals surface area contributed by atoms with Crippen molar-refractivity contribution >= 4 is 11.9 Å². The number of rotatable bonds is 5. The van der Waals surface area contributed by atoms with Gasteiger partial charge in [-0.3, -0.25) is 4.79 Å². The molecule has 0 aromatic carbocycles. The van der Waals surface area contributed by atoms with Gasteiger partial charge in [0.2, 0.25) is 0 Å². The van der Waals surface area contributed by atoms with E-state index in [0.29, 0.717) is 26.0 Å². The molecule has 0 saturated heterocycles. The number of carbonyl (C=O) groups is 2. The lowest BCUT2D eigenvalue weighted by Gasteiger charge is -2.43. The number of quaternary nitrogens is 1. The van der Waals surface area contributed by atoms with Gasteiger partial charge in [-0.1, -0.05) is 25.0 Å². The van der Waals surface area contributed by atoms with Gasteiger partial charge in [-0.2, -0.15) is 0 Å². The lowest BCUT2D eigenvalue weighted by molar-refractivity contribution is -0.858. The van der Waals surface area contributed by atoms with E-state index >= 15 is 0 Å². The van der Waals surface area contributed by atoms with Crippen LogP contribution in [-0.4, -0.2) is 39.2 Å². The molecule has 0 amide bonds. The summed E-state index contributed by atoms with van der Waals surface area (Å²) >= 11 is 0. The van der Waals surface area contributed by atoms with Gasteiger partial charge >= 0.3 is 5.97 Å². The molecule has 0 fully saturated rings. The number of hydrogen-bond donors (Lipinski definition) is 1. The number of likely N-dealkylation sites (N-methyl/N-ethyl adjacent to an activating group) is 1. The number of carboxylic acid groups (broad SMARTS) is 1. The monoisotopic (exact) mass is 323 g/mol. The average molecular weight is 323 g/mol. The van der Waals surface area contributed by atoms with Crippen molar-refractivity contribution in [1.82, 2.24) is 0 Å². The molecule has 130 valence electrons. The van der Waals surface area contributed by atoms with Crippen LogP contribution in [0.25, 0.3) is 0 Å². The van der Waals surface area contributed by atoms with E-state index in [4.69, 9.17) is 4.74 Å². The van der Waals surface area contributed by atoms with Crippen LogP contribution in [0.4, 0.5) is 0 Å². The second-order valence-electron chi connectivity index (χ2n) is 7.88. The van der Waals surface area contributed by atoms with E-state index in [2.05, 4.69) is 13.8 Å². The third-order valence-electron chi connectivity index (χ3n) is 5.35. The fraction of sp³-hybridized carbons (Fsp3) is 0.778. The summed E-state index contributed by atoms with van der Waals surface area (Å²) in [4.78, 5) is 25.2. The standard InChI is InChI=1S/C18H29NO4/c1-18(2)7-5-6-12-10-13(16(20)21)14(11-15(12)18)17(22)23-9-8-19(3)4/h13-14H,5-11H2,1-4H3,(H,20,21)/t13-,14-/m1/s1. The molecule has 0 unspecified atom stereocenters. The van der Waals surface area contributed by atoms with Crippen molar-refractivity contribution in [3.8, 4) is 0 Å². The van der Waals surface area contributed by atoms with Gasteiger partial charge in [0.05, 0.1) is 20.0 Å². The molecular formula is C18H29NO4. The topological polar surface area (TPSA) is 70.9 Å². The molecule has 0 heterocycles. The fourth-order valence-electron chi connectivity index (χ4n) is 3.90. The zero-order chi connectivity index (χ0) is 17.2. The van der Waals surface area contributed by atoms with Crippen molar-refractivity contribution < 1.29 is 24.3 Å².